The van der Waals surface area contributed by atoms with Crippen LogP contribution in [0.25, 0.3) is 17.4 Å². The van der Waals surface area contributed by atoms with E-state index in [1.54, 1.807) is 24.3 Å². The molecule has 0 bridgehead atoms. The van der Waals surface area contributed by atoms with Crippen molar-refractivity contribution in [2.75, 3.05) is 0 Å². The Morgan fingerprint density at radius 2 is 1.88 bits per heavy atom. The minimum absolute atomic E-state index is 0.314. The second kappa shape index (κ2) is 4.65. The van der Waals surface area contributed by atoms with Crippen LogP contribution in [0.4, 0.5) is 4.39 Å². The number of hydrogen-bond acceptors (Lipinski definition) is 2. The van der Waals surface area contributed by atoms with Gasteiger partial charge in [-0.3, -0.25) is 0 Å². The Bertz CT molecular complexity index is 552. The van der Waals surface area contributed by atoms with Crippen LogP contribution in [0.3, 0.4) is 0 Å². The Morgan fingerprint density at radius 3 is 2.53 bits per heavy atom. The SMILES string of the molecule is O=C(O)C=Cc1ccc(-c2ccc(F)cc2)o1. The molecule has 17 heavy (non-hydrogen) atoms. The van der Waals surface area contributed by atoms with E-state index in [-0.39, 0.29) is 5.82 Å². The predicted octanol–water partition coefficient (Wildman–Crippen LogP) is 3.18. The van der Waals surface area contributed by atoms with Crippen molar-refractivity contribution < 1.29 is 18.7 Å². The van der Waals surface area contributed by atoms with Crippen molar-refractivity contribution in [3.8, 4) is 11.3 Å². The second-order valence-corrected chi connectivity index (χ2v) is 3.38. The van der Waals surface area contributed by atoms with Crippen LogP contribution in [0, 0.1) is 5.82 Å². The molecule has 3 nitrogen and oxygen atoms in total. The van der Waals surface area contributed by atoms with Gasteiger partial charge in [0.1, 0.15) is 17.3 Å². The number of halogens is 1. The minimum atomic E-state index is -1.04. The lowest BCUT2D eigenvalue weighted by Crippen LogP contribution is -1.84. The van der Waals surface area contributed by atoms with Crippen LogP contribution in [0.15, 0.2) is 46.9 Å². The summed E-state index contributed by atoms with van der Waals surface area (Å²) < 4.78 is 18.1. The van der Waals surface area contributed by atoms with E-state index in [0.717, 1.165) is 11.6 Å². The molecular weight excluding hydrogens is 223 g/mol. The van der Waals surface area contributed by atoms with Crippen LogP contribution < -0.4 is 0 Å². The summed E-state index contributed by atoms with van der Waals surface area (Å²) in [5.74, 6) is -0.349. The summed E-state index contributed by atoms with van der Waals surface area (Å²) in [6.07, 6.45) is 2.35. The third-order valence-corrected chi connectivity index (χ3v) is 2.15. The molecule has 1 N–H and O–H groups in total. The molecule has 0 aliphatic carbocycles. The molecule has 4 heteroatoms. The Morgan fingerprint density at radius 1 is 1.18 bits per heavy atom. The Balaban J connectivity index is 2.23. The molecule has 0 fully saturated rings. The van der Waals surface area contributed by atoms with Gasteiger partial charge in [-0.2, -0.15) is 0 Å². The summed E-state index contributed by atoms with van der Waals surface area (Å²) in [5.41, 5.74) is 0.737. The van der Waals surface area contributed by atoms with Gasteiger partial charge in [0.15, 0.2) is 0 Å². The van der Waals surface area contributed by atoms with Gasteiger partial charge in [-0.15, -0.1) is 0 Å². The molecular formula is C13H9FO3. The third-order valence-electron chi connectivity index (χ3n) is 2.15. The average Bonchev–Trinajstić information content (AvgIpc) is 2.76. The van der Waals surface area contributed by atoms with Gasteiger partial charge in [0.05, 0.1) is 0 Å². The zero-order valence-electron chi connectivity index (χ0n) is 8.76. The molecule has 0 saturated carbocycles. The summed E-state index contributed by atoms with van der Waals surface area (Å²) in [6.45, 7) is 0. The number of hydrogen-bond donors (Lipinski definition) is 1. The average molecular weight is 232 g/mol. The van der Waals surface area contributed by atoms with Crippen LogP contribution in [-0.2, 0) is 4.79 Å². The molecule has 0 spiro atoms. The number of carboxylic acid groups (broad SMARTS) is 1. The van der Waals surface area contributed by atoms with E-state index in [9.17, 15) is 9.18 Å². The number of furan rings is 1. The number of carboxylic acids is 1. The molecule has 0 amide bonds. The monoisotopic (exact) mass is 232 g/mol. The highest BCUT2D eigenvalue weighted by atomic mass is 19.1. The first kappa shape index (κ1) is 11.1. The molecule has 0 unspecified atom stereocenters. The van der Waals surface area contributed by atoms with Crippen molar-refractivity contribution in [1.29, 1.82) is 0 Å². The maximum absolute atomic E-state index is 12.7. The summed E-state index contributed by atoms with van der Waals surface area (Å²) >= 11 is 0. The molecule has 86 valence electrons. The predicted molar refractivity (Wildman–Crippen MR) is 60.8 cm³/mol. The van der Waals surface area contributed by atoms with Crippen molar-refractivity contribution in [2.24, 2.45) is 0 Å². The third kappa shape index (κ3) is 2.81. The first-order valence-corrected chi connectivity index (χ1v) is 4.92. The van der Waals surface area contributed by atoms with E-state index in [1.807, 2.05) is 0 Å². The minimum Gasteiger partial charge on any atom is -0.478 e. The van der Waals surface area contributed by atoms with Crippen LogP contribution in [0.5, 0.6) is 0 Å². The molecule has 1 aromatic heterocycles. The van der Waals surface area contributed by atoms with Crippen LogP contribution >= 0.6 is 0 Å². The molecule has 0 radical (unpaired) electrons. The molecule has 0 saturated heterocycles. The molecule has 0 aliphatic rings. The van der Waals surface area contributed by atoms with Gasteiger partial charge < -0.3 is 9.52 Å². The smallest absolute Gasteiger partial charge is 0.328 e. The van der Waals surface area contributed by atoms with E-state index in [4.69, 9.17) is 9.52 Å². The maximum atomic E-state index is 12.7. The molecule has 0 aliphatic heterocycles. The maximum Gasteiger partial charge on any atom is 0.328 e. The van der Waals surface area contributed by atoms with Gasteiger partial charge in [0, 0.05) is 11.6 Å². The quantitative estimate of drug-likeness (QED) is 0.827. The van der Waals surface area contributed by atoms with Gasteiger partial charge in [0.25, 0.3) is 0 Å². The van der Waals surface area contributed by atoms with Gasteiger partial charge >= 0.3 is 5.97 Å². The topological polar surface area (TPSA) is 50.4 Å². The van der Waals surface area contributed by atoms with E-state index < -0.39 is 5.97 Å². The van der Waals surface area contributed by atoms with Gasteiger partial charge in [0.2, 0.25) is 0 Å². The van der Waals surface area contributed by atoms with Crippen molar-refractivity contribution >= 4 is 12.0 Å². The van der Waals surface area contributed by atoms with Crippen LogP contribution in [0.2, 0.25) is 0 Å². The largest absolute Gasteiger partial charge is 0.478 e. The van der Waals surface area contributed by atoms with Gasteiger partial charge in [-0.1, -0.05) is 0 Å². The highest BCUT2D eigenvalue weighted by Crippen LogP contribution is 2.22. The normalized spacial score (nSPS) is 10.9. The Labute approximate surface area is 96.8 Å². The highest BCUT2D eigenvalue weighted by molar-refractivity contribution is 5.84. The fourth-order valence-corrected chi connectivity index (χ4v) is 1.37. The van der Waals surface area contributed by atoms with Gasteiger partial charge in [-0.25, -0.2) is 9.18 Å². The number of benzene rings is 1. The summed E-state index contributed by atoms with van der Waals surface area (Å²) in [4.78, 5) is 10.3. The molecule has 1 heterocycles. The van der Waals surface area contributed by atoms with E-state index in [1.165, 1.54) is 18.2 Å². The Hall–Kier alpha value is -2.36. The standard InChI is InChI=1S/C13H9FO3/c14-10-3-1-9(2-4-10)12-7-5-11(17-12)6-8-13(15)16/h1-8H,(H,15,16). The summed E-state index contributed by atoms with van der Waals surface area (Å²) in [6, 6.07) is 9.22. The fraction of sp³-hybridized carbons (Fsp3) is 0. The lowest BCUT2D eigenvalue weighted by atomic mass is 10.2. The number of carbonyl (C=O) groups is 1. The summed E-state index contributed by atoms with van der Waals surface area (Å²) in [7, 11) is 0. The zero-order chi connectivity index (χ0) is 12.3. The fourth-order valence-electron chi connectivity index (χ4n) is 1.37. The molecule has 1 aromatic carbocycles. The van der Waals surface area contributed by atoms with Crippen molar-refractivity contribution in [1.82, 2.24) is 0 Å². The van der Waals surface area contributed by atoms with Crippen LogP contribution in [-0.4, -0.2) is 11.1 Å². The first-order valence-electron chi connectivity index (χ1n) is 4.92. The number of rotatable bonds is 3. The molecule has 2 rings (SSSR count). The van der Waals surface area contributed by atoms with Crippen molar-refractivity contribution in [2.45, 2.75) is 0 Å². The van der Waals surface area contributed by atoms with Crippen molar-refractivity contribution in [3.63, 3.8) is 0 Å². The zero-order valence-corrected chi connectivity index (χ0v) is 8.76. The highest BCUT2D eigenvalue weighted by Gasteiger charge is 2.03. The lowest BCUT2D eigenvalue weighted by Gasteiger charge is -1.95. The molecule has 2 aromatic rings. The summed E-state index contributed by atoms with van der Waals surface area (Å²) in [5, 5.41) is 8.46. The first-order chi connectivity index (χ1) is 8.15. The number of aliphatic carboxylic acids is 1. The molecule has 0 atom stereocenters. The van der Waals surface area contributed by atoms with E-state index in [0.29, 0.717) is 11.5 Å². The van der Waals surface area contributed by atoms with E-state index >= 15 is 0 Å². The lowest BCUT2D eigenvalue weighted by molar-refractivity contribution is -0.131. The van der Waals surface area contributed by atoms with Crippen molar-refractivity contribution in [3.05, 3.63) is 54.1 Å². The Kier molecular flexibility index (Phi) is 3.05. The second-order valence-electron chi connectivity index (χ2n) is 3.38. The van der Waals surface area contributed by atoms with E-state index in [2.05, 4.69) is 0 Å². The van der Waals surface area contributed by atoms with Crippen LogP contribution in [0.1, 0.15) is 5.76 Å². The van der Waals surface area contributed by atoms with Gasteiger partial charge in [-0.05, 0) is 42.5 Å².